The molecule has 1 aromatic rings. The van der Waals surface area contributed by atoms with Gasteiger partial charge in [0.25, 0.3) is 0 Å². The van der Waals surface area contributed by atoms with Gasteiger partial charge in [-0.25, -0.2) is 4.79 Å². The predicted molar refractivity (Wildman–Crippen MR) is 35.4 cm³/mol. The van der Waals surface area contributed by atoms with E-state index >= 15 is 0 Å². The Labute approximate surface area is 62.1 Å². The van der Waals surface area contributed by atoms with Crippen molar-refractivity contribution in [3.05, 3.63) is 18.0 Å². The Morgan fingerprint density at radius 3 is 2.64 bits per heavy atom. The van der Waals surface area contributed by atoms with Crippen LogP contribution in [-0.4, -0.2) is 26.0 Å². The fourth-order valence-electron chi connectivity index (χ4n) is 0.793. The van der Waals surface area contributed by atoms with Crippen molar-refractivity contribution in [1.29, 1.82) is 0 Å². The van der Waals surface area contributed by atoms with Crippen molar-refractivity contribution in [1.82, 2.24) is 4.57 Å². The maximum Gasteiger partial charge on any atom is 0.415 e. The van der Waals surface area contributed by atoms with E-state index in [-0.39, 0.29) is 11.4 Å². The minimum Gasteiger partial charge on any atom is -0.506 e. The zero-order chi connectivity index (χ0) is 8.43. The molecule has 11 heavy (non-hydrogen) atoms. The summed E-state index contributed by atoms with van der Waals surface area (Å²) in [5.74, 6) is -0.170. The molecule has 0 radical (unpaired) electrons. The van der Waals surface area contributed by atoms with Crippen LogP contribution in [0.2, 0.25) is 0 Å². The van der Waals surface area contributed by atoms with Crippen molar-refractivity contribution < 1.29 is 20.1 Å². The maximum atomic E-state index is 10.3. The second-order valence-corrected chi connectivity index (χ2v) is 2.00. The summed E-state index contributed by atoms with van der Waals surface area (Å²) in [6.45, 7) is -0.410. The van der Waals surface area contributed by atoms with E-state index in [1.165, 1.54) is 6.07 Å². The highest BCUT2D eigenvalue weighted by molar-refractivity contribution is 5.69. The van der Waals surface area contributed by atoms with Gasteiger partial charge in [-0.3, -0.25) is 4.57 Å². The molecule has 0 aromatic carbocycles. The van der Waals surface area contributed by atoms with Gasteiger partial charge in [-0.15, -0.1) is 0 Å². The van der Waals surface area contributed by atoms with Gasteiger partial charge in [0.2, 0.25) is 0 Å². The smallest absolute Gasteiger partial charge is 0.415 e. The molecule has 3 N–H and O–H groups in total. The number of carboxylic acid groups (broad SMARTS) is 1. The third-order valence-corrected chi connectivity index (χ3v) is 1.25. The van der Waals surface area contributed by atoms with Crippen LogP contribution in [0.4, 0.5) is 4.79 Å². The maximum absolute atomic E-state index is 10.3. The molecule has 5 heteroatoms. The van der Waals surface area contributed by atoms with Crippen molar-refractivity contribution in [2.45, 2.75) is 6.61 Å². The van der Waals surface area contributed by atoms with E-state index in [2.05, 4.69) is 0 Å². The first kappa shape index (κ1) is 7.62. The second-order valence-electron chi connectivity index (χ2n) is 2.00. The fraction of sp³-hybridized carbons (Fsp3) is 0.167. The van der Waals surface area contributed by atoms with Crippen molar-refractivity contribution in [3.63, 3.8) is 0 Å². The minimum atomic E-state index is -1.23. The Bertz CT molecular complexity index is 278. The van der Waals surface area contributed by atoms with Crippen LogP contribution in [0.5, 0.6) is 5.75 Å². The Morgan fingerprint density at radius 1 is 1.64 bits per heavy atom. The van der Waals surface area contributed by atoms with E-state index in [1.807, 2.05) is 0 Å². The number of hydrogen-bond donors (Lipinski definition) is 3. The van der Waals surface area contributed by atoms with Gasteiger partial charge in [0.05, 0.1) is 18.5 Å². The van der Waals surface area contributed by atoms with Crippen LogP contribution in [0.25, 0.3) is 0 Å². The summed E-state index contributed by atoms with van der Waals surface area (Å²) in [4.78, 5) is 10.3. The quantitative estimate of drug-likeness (QED) is 0.544. The molecular weight excluding hydrogens is 150 g/mol. The highest BCUT2D eigenvalue weighted by Crippen LogP contribution is 2.13. The first-order chi connectivity index (χ1) is 5.15. The summed E-state index contributed by atoms with van der Waals surface area (Å²) in [5, 5.41) is 25.9. The van der Waals surface area contributed by atoms with Gasteiger partial charge in [-0.1, -0.05) is 0 Å². The molecule has 0 spiro atoms. The van der Waals surface area contributed by atoms with E-state index < -0.39 is 12.7 Å². The van der Waals surface area contributed by atoms with Crippen molar-refractivity contribution in [2.75, 3.05) is 0 Å². The van der Waals surface area contributed by atoms with Crippen LogP contribution in [0, 0.1) is 0 Å². The molecular formula is C6H7NO4. The lowest BCUT2D eigenvalue weighted by molar-refractivity contribution is 0.192. The molecule has 0 amide bonds. The number of aromatic hydroxyl groups is 1. The van der Waals surface area contributed by atoms with Gasteiger partial charge in [0, 0.05) is 6.07 Å². The van der Waals surface area contributed by atoms with Crippen LogP contribution >= 0.6 is 0 Å². The summed E-state index contributed by atoms with van der Waals surface area (Å²) in [6, 6.07) is 1.19. The van der Waals surface area contributed by atoms with Gasteiger partial charge in [0.15, 0.2) is 0 Å². The third kappa shape index (κ3) is 1.32. The zero-order valence-electron chi connectivity index (χ0n) is 5.56. The monoisotopic (exact) mass is 157 g/mol. The van der Waals surface area contributed by atoms with Gasteiger partial charge in [-0.05, 0) is 0 Å². The van der Waals surface area contributed by atoms with Crippen LogP contribution < -0.4 is 0 Å². The normalized spacial score (nSPS) is 9.91. The predicted octanol–water partition coefficient (Wildman–Crippen LogP) is 0.212. The van der Waals surface area contributed by atoms with E-state index in [4.69, 9.17) is 15.3 Å². The molecule has 0 bridgehead atoms. The fourth-order valence-corrected chi connectivity index (χ4v) is 0.793. The lowest BCUT2D eigenvalue weighted by atomic mass is 10.4. The van der Waals surface area contributed by atoms with Gasteiger partial charge in [-0.2, -0.15) is 0 Å². The van der Waals surface area contributed by atoms with Crippen molar-refractivity contribution in [3.8, 4) is 5.75 Å². The molecule has 0 aliphatic rings. The summed E-state index contributed by atoms with van der Waals surface area (Å²) in [7, 11) is 0. The van der Waals surface area contributed by atoms with Crippen molar-refractivity contribution in [2.24, 2.45) is 0 Å². The Balaban J connectivity index is 3.12. The van der Waals surface area contributed by atoms with E-state index in [1.54, 1.807) is 0 Å². The SMILES string of the molecule is O=C(O)n1cc(O)cc1CO. The summed E-state index contributed by atoms with van der Waals surface area (Å²) < 4.78 is 0.759. The molecule has 1 aromatic heterocycles. The van der Waals surface area contributed by atoms with E-state index in [0.717, 1.165) is 10.8 Å². The molecule has 1 heterocycles. The zero-order valence-corrected chi connectivity index (χ0v) is 5.56. The highest BCUT2D eigenvalue weighted by atomic mass is 16.4. The molecule has 1 rings (SSSR count). The number of aromatic nitrogens is 1. The average Bonchev–Trinajstić information content (AvgIpc) is 2.30. The molecule has 0 atom stereocenters. The first-order valence-corrected chi connectivity index (χ1v) is 2.89. The largest absolute Gasteiger partial charge is 0.506 e. The molecule has 0 aliphatic heterocycles. The number of nitrogens with zero attached hydrogens (tertiary/aromatic N) is 1. The summed E-state index contributed by atoms with van der Waals surface area (Å²) in [5.41, 5.74) is 0.148. The lowest BCUT2D eigenvalue weighted by Crippen LogP contribution is -2.09. The number of aliphatic hydroxyl groups is 1. The number of aliphatic hydroxyl groups excluding tert-OH is 1. The van der Waals surface area contributed by atoms with Gasteiger partial charge >= 0.3 is 6.09 Å². The van der Waals surface area contributed by atoms with Gasteiger partial charge < -0.3 is 15.3 Å². The van der Waals surface area contributed by atoms with Gasteiger partial charge in [0.1, 0.15) is 5.75 Å². The van der Waals surface area contributed by atoms with Crippen molar-refractivity contribution >= 4 is 6.09 Å². The summed E-state index contributed by atoms with van der Waals surface area (Å²) in [6.07, 6.45) is -0.206. The first-order valence-electron chi connectivity index (χ1n) is 2.89. The Hall–Kier alpha value is -1.49. The van der Waals surface area contributed by atoms with Crippen LogP contribution in [0.1, 0.15) is 5.69 Å². The number of carbonyl (C=O) groups is 1. The molecule has 0 unspecified atom stereocenters. The van der Waals surface area contributed by atoms with E-state index in [0.29, 0.717) is 0 Å². The number of rotatable bonds is 1. The Morgan fingerprint density at radius 2 is 2.27 bits per heavy atom. The second kappa shape index (κ2) is 2.63. The lowest BCUT2D eigenvalue weighted by Gasteiger charge is -1.96. The average molecular weight is 157 g/mol. The third-order valence-electron chi connectivity index (χ3n) is 1.25. The van der Waals surface area contributed by atoms with Crippen LogP contribution in [0.15, 0.2) is 12.3 Å². The highest BCUT2D eigenvalue weighted by Gasteiger charge is 2.08. The standard InChI is InChI=1S/C6H7NO4/c8-3-4-1-5(9)2-7(4)6(10)11/h1-2,8-9H,3H2,(H,10,11). The molecule has 0 aliphatic carbocycles. The molecule has 0 fully saturated rings. The molecule has 5 nitrogen and oxygen atoms in total. The van der Waals surface area contributed by atoms with Crippen LogP contribution in [-0.2, 0) is 6.61 Å². The number of hydrogen-bond acceptors (Lipinski definition) is 3. The van der Waals surface area contributed by atoms with Crippen LogP contribution in [0.3, 0.4) is 0 Å². The molecule has 60 valence electrons. The molecule has 0 saturated carbocycles. The Kier molecular flexibility index (Phi) is 1.82. The van der Waals surface area contributed by atoms with E-state index in [9.17, 15) is 4.79 Å². The minimum absolute atomic E-state index is 0.148. The molecule has 0 saturated heterocycles. The summed E-state index contributed by atoms with van der Waals surface area (Å²) >= 11 is 0. The topological polar surface area (TPSA) is 82.7 Å².